The van der Waals surface area contributed by atoms with Crippen LogP contribution in [0.2, 0.25) is 0 Å². The molecule has 2 atom stereocenters. The number of hydrogen-bond donors (Lipinski definition) is 4. The molecule has 3 heterocycles. The summed E-state index contributed by atoms with van der Waals surface area (Å²) < 4.78 is 36.9. The number of benzene rings is 3. The van der Waals surface area contributed by atoms with Crippen molar-refractivity contribution in [3.05, 3.63) is 101 Å². The molecule has 48 heavy (non-hydrogen) atoms. The van der Waals surface area contributed by atoms with E-state index in [9.17, 15) is 19.5 Å². The van der Waals surface area contributed by atoms with Crippen molar-refractivity contribution in [2.24, 2.45) is 0 Å². The minimum absolute atomic E-state index is 0.102. The minimum Gasteiger partial charge on any atom is -0.481 e. The van der Waals surface area contributed by atoms with Crippen LogP contribution in [0.3, 0.4) is 0 Å². The molecule has 1 aliphatic rings. The van der Waals surface area contributed by atoms with Crippen LogP contribution < -0.4 is 10.1 Å². The number of aliphatic carboxylic acids is 1. The van der Waals surface area contributed by atoms with E-state index in [1.54, 1.807) is 31.5 Å². The minimum atomic E-state index is -0.934. The molecule has 0 aliphatic carbocycles. The molecular formula is C37H36F2N4O5. The monoisotopic (exact) mass is 654 g/mol. The standard InChI is InChI=1S/C37H36F2N4O5/c1-21(36(46)47)22-7-6-8-23(15-22)37(2)13-5-3-4-9-24(44)19-41-33(45)17-27-26-12-14-40-31(26)18-30(39)34(27)48-25-10-11-29(38)28(16-25)35-42-20-32(37)43-35/h6-8,10-12,14-16,18,20-21,40H,3-5,9,13,17,19H2,1-2H3,(H,41,45)(H,42,43)(H,46,47). The van der Waals surface area contributed by atoms with Gasteiger partial charge in [0.2, 0.25) is 5.91 Å². The van der Waals surface area contributed by atoms with E-state index in [-0.39, 0.29) is 53.6 Å². The molecule has 0 fully saturated rings. The van der Waals surface area contributed by atoms with Gasteiger partial charge in [0, 0.05) is 52.5 Å². The molecule has 1 amide bonds. The summed E-state index contributed by atoms with van der Waals surface area (Å²) in [6.45, 7) is 3.51. The maximum atomic E-state index is 15.5. The van der Waals surface area contributed by atoms with Crippen molar-refractivity contribution in [2.45, 2.75) is 63.7 Å². The molecule has 248 valence electrons. The number of nitrogens with one attached hydrogen (secondary N) is 3. The lowest BCUT2D eigenvalue weighted by atomic mass is 9.74. The van der Waals surface area contributed by atoms with E-state index in [1.807, 2.05) is 25.1 Å². The van der Waals surface area contributed by atoms with Crippen molar-refractivity contribution in [3.8, 4) is 22.9 Å². The van der Waals surface area contributed by atoms with Crippen LogP contribution in [0, 0.1) is 11.6 Å². The molecule has 4 N–H and O–H groups in total. The van der Waals surface area contributed by atoms with Gasteiger partial charge in [-0.15, -0.1) is 0 Å². The average Bonchev–Trinajstić information content (AvgIpc) is 3.76. The first-order valence-corrected chi connectivity index (χ1v) is 16.0. The Morgan fingerprint density at radius 2 is 1.88 bits per heavy atom. The summed E-state index contributed by atoms with van der Waals surface area (Å²) in [6.07, 6.45) is 6.01. The maximum Gasteiger partial charge on any atom is 0.310 e. The molecule has 0 spiro atoms. The lowest BCUT2D eigenvalue weighted by Crippen LogP contribution is -2.30. The molecule has 2 aromatic heterocycles. The van der Waals surface area contributed by atoms with Crippen molar-refractivity contribution in [3.63, 3.8) is 0 Å². The highest BCUT2D eigenvalue weighted by Crippen LogP contribution is 2.40. The molecule has 5 aromatic rings. The lowest BCUT2D eigenvalue weighted by Gasteiger charge is -2.30. The zero-order valence-electron chi connectivity index (χ0n) is 26.7. The number of carboxylic acid groups (broad SMARTS) is 1. The molecule has 0 saturated carbocycles. The number of amides is 1. The molecule has 1 aliphatic heterocycles. The number of ether oxygens (including phenoxy) is 1. The Hall–Kier alpha value is -5.32. The van der Waals surface area contributed by atoms with Gasteiger partial charge in [-0.05, 0) is 62.1 Å². The Morgan fingerprint density at radius 3 is 2.69 bits per heavy atom. The number of aromatic nitrogens is 3. The van der Waals surface area contributed by atoms with Crippen molar-refractivity contribution in [1.82, 2.24) is 20.3 Å². The number of imidazole rings is 1. The molecule has 4 bridgehead atoms. The summed E-state index contributed by atoms with van der Waals surface area (Å²) in [5.74, 6) is -3.34. The van der Waals surface area contributed by atoms with E-state index in [0.29, 0.717) is 35.0 Å². The van der Waals surface area contributed by atoms with Gasteiger partial charge in [-0.1, -0.05) is 37.1 Å². The summed E-state index contributed by atoms with van der Waals surface area (Å²) >= 11 is 0. The molecule has 6 rings (SSSR count). The van der Waals surface area contributed by atoms with Gasteiger partial charge in [0.05, 0.1) is 24.4 Å². The number of rotatable bonds is 3. The van der Waals surface area contributed by atoms with Gasteiger partial charge < -0.3 is 25.1 Å². The quantitative estimate of drug-likeness (QED) is 0.161. The maximum absolute atomic E-state index is 15.5. The van der Waals surface area contributed by atoms with Crippen LogP contribution in [0.15, 0.2) is 67.0 Å². The predicted octanol–water partition coefficient (Wildman–Crippen LogP) is 7.31. The van der Waals surface area contributed by atoms with E-state index < -0.39 is 34.8 Å². The second kappa shape index (κ2) is 13.4. The van der Waals surface area contributed by atoms with Gasteiger partial charge in [0.25, 0.3) is 0 Å². The Balaban J connectivity index is 1.43. The number of carboxylic acids is 1. The number of carbonyl (C=O) groups is 3. The summed E-state index contributed by atoms with van der Waals surface area (Å²) in [6, 6.07) is 14.4. The molecule has 9 nitrogen and oxygen atoms in total. The number of H-pyrrole nitrogens is 2. The van der Waals surface area contributed by atoms with Crippen LogP contribution in [-0.2, 0) is 26.2 Å². The number of ketones is 1. The first-order valence-electron chi connectivity index (χ1n) is 16.0. The molecule has 3 aromatic carbocycles. The third kappa shape index (κ3) is 6.58. The smallest absolute Gasteiger partial charge is 0.310 e. The normalized spacial score (nSPS) is 18.4. The summed E-state index contributed by atoms with van der Waals surface area (Å²) in [5.41, 5.74) is 2.40. The highest BCUT2D eigenvalue weighted by molar-refractivity contribution is 5.92. The fraction of sp³-hybridized carbons (Fsp3) is 0.297. The van der Waals surface area contributed by atoms with Gasteiger partial charge in [0.1, 0.15) is 17.4 Å². The lowest BCUT2D eigenvalue weighted by molar-refractivity contribution is -0.138. The Morgan fingerprint density at radius 1 is 1.04 bits per heavy atom. The van der Waals surface area contributed by atoms with Crippen molar-refractivity contribution >= 4 is 28.6 Å². The van der Waals surface area contributed by atoms with Gasteiger partial charge in [-0.3, -0.25) is 14.4 Å². The summed E-state index contributed by atoms with van der Waals surface area (Å²) in [5, 5.41) is 12.9. The zero-order valence-corrected chi connectivity index (χ0v) is 26.7. The van der Waals surface area contributed by atoms with Gasteiger partial charge in [-0.2, -0.15) is 0 Å². The second-order valence-electron chi connectivity index (χ2n) is 12.6. The molecule has 2 unspecified atom stereocenters. The Kier molecular flexibility index (Phi) is 9.12. The van der Waals surface area contributed by atoms with Gasteiger partial charge >= 0.3 is 5.97 Å². The van der Waals surface area contributed by atoms with E-state index >= 15 is 8.78 Å². The number of hydrogen-bond acceptors (Lipinski definition) is 5. The van der Waals surface area contributed by atoms with Crippen LogP contribution in [0.5, 0.6) is 11.5 Å². The number of nitrogens with zero attached hydrogens (tertiary/aromatic N) is 1. The largest absolute Gasteiger partial charge is 0.481 e. The molecule has 0 saturated heterocycles. The van der Waals surface area contributed by atoms with E-state index in [1.165, 1.54) is 24.3 Å². The van der Waals surface area contributed by atoms with Crippen molar-refractivity contribution < 1.29 is 33.0 Å². The SMILES string of the molecule is CC(C(=O)O)c1cccc(C2(C)CCCCCC(=O)CNC(=O)Cc3c(c(F)cc4[nH]ccc34)Oc3ccc(F)c(c3)-c3ncc2[nH]3)c1. The van der Waals surface area contributed by atoms with Gasteiger partial charge in [0.15, 0.2) is 17.3 Å². The van der Waals surface area contributed by atoms with Crippen LogP contribution in [0.4, 0.5) is 8.78 Å². The number of Topliss-reactive ketones (excluding diaryl/α,β-unsaturated/α-hetero) is 1. The van der Waals surface area contributed by atoms with Crippen molar-refractivity contribution in [1.29, 1.82) is 0 Å². The molecular weight excluding hydrogens is 618 g/mol. The van der Waals surface area contributed by atoms with Crippen LogP contribution in [0.25, 0.3) is 22.3 Å². The third-order valence-corrected chi connectivity index (χ3v) is 9.30. The third-order valence-electron chi connectivity index (χ3n) is 9.30. The Labute approximate surface area is 275 Å². The first-order chi connectivity index (χ1) is 23.0. The topological polar surface area (TPSA) is 137 Å². The highest BCUT2D eigenvalue weighted by Gasteiger charge is 2.32. The van der Waals surface area contributed by atoms with E-state index in [2.05, 4.69) is 20.3 Å². The second-order valence-corrected chi connectivity index (χ2v) is 12.6. The van der Waals surface area contributed by atoms with Crippen LogP contribution in [0.1, 0.15) is 74.3 Å². The predicted molar refractivity (Wildman–Crippen MR) is 176 cm³/mol. The number of aromatic amines is 2. The van der Waals surface area contributed by atoms with Crippen molar-refractivity contribution in [2.75, 3.05) is 6.54 Å². The fourth-order valence-corrected chi connectivity index (χ4v) is 6.33. The van der Waals surface area contributed by atoms with E-state index in [0.717, 1.165) is 18.4 Å². The number of carbonyl (C=O) groups excluding carboxylic acids is 2. The summed E-state index contributed by atoms with van der Waals surface area (Å²) in [4.78, 5) is 48.3. The highest BCUT2D eigenvalue weighted by atomic mass is 19.1. The number of fused-ring (bicyclic) bond motifs is 8. The van der Waals surface area contributed by atoms with E-state index in [4.69, 9.17) is 4.74 Å². The van der Waals surface area contributed by atoms with Crippen LogP contribution in [-0.4, -0.2) is 44.3 Å². The Bertz CT molecular complexity index is 2020. The number of halogens is 2. The zero-order chi connectivity index (χ0) is 34.0. The summed E-state index contributed by atoms with van der Waals surface area (Å²) in [7, 11) is 0. The van der Waals surface area contributed by atoms with Crippen LogP contribution >= 0.6 is 0 Å². The average molecular weight is 655 g/mol. The molecule has 0 radical (unpaired) electrons. The molecule has 11 heteroatoms. The first kappa shape index (κ1) is 32.6. The van der Waals surface area contributed by atoms with Gasteiger partial charge in [-0.25, -0.2) is 13.8 Å². The fourth-order valence-electron chi connectivity index (χ4n) is 6.33.